The monoisotopic (exact) mass is 667 g/mol. The Morgan fingerprint density at radius 3 is 2.51 bits per heavy atom. The van der Waals surface area contributed by atoms with E-state index in [-0.39, 0.29) is 22.9 Å². The van der Waals surface area contributed by atoms with Gasteiger partial charge < -0.3 is 20.7 Å². The quantitative estimate of drug-likeness (QED) is 0.0550. The van der Waals surface area contributed by atoms with E-state index in [0.717, 1.165) is 16.0 Å². The molecule has 0 radical (unpaired) electrons. The number of benzene rings is 4. The number of nitro groups is 1. The molecule has 1 unspecified atom stereocenters. The number of para-hydroxylation sites is 1. The zero-order chi connectivity index (χ0) is 33.3. The summed E-state index contributed by atoms with van der Waals surface area (Å²) in [6.45, 7) is 4.22. The largest absolute Gasteiger partial charge is 0.494 e. The van der Waals surface area contributed by atoms with Gasteiger partial charge in [-0.05, 0) is 74.5 Å². The van der Waals surface area contributed by atoms with Crippen LogP contribution in [0.25, 0.3) is 16.3 Å². The highest BCUT2D eigenvalue weighted by Gasteiger charge is 2.20. The predicted octanol–water partition coefficient (Wildman–Crippen LogP) is 7.13. The van der Waals surface area contributed by atoms with Crippen molar-refractivity contribution in [1.29, 1.82) is 0 Å². The van der Waals surface area contributed by atoms with Crippen LogP contribution in [0.2, 0.25) is 0 Å². The number of amides is 3. The van der Waals surface area contributed by atoms with E-state index in [0.29, 0.717) is 27.9 Å². The normalized spacial score (nSPS) is 11.8. The van der Waals surface area contributed by atoms with Crippen LogP contribution in [0.1, 0.15) is 29.8 Å². The number of aromatic nitrogens is 1. The van der Waals surface area contributed by atoms with Crippen LogP contribution in [-0.4, -0.2) is 39.5 Å². The first-order chi connectivity index (χ1) is 22.7. The Kier molecular flexibility index (Phi) is 10.6. The Labute approximate surface area is 278 Å². The van der Waals surface area contributed by atoms with Gasteiger partial charge in [0.2, 0.25) is 5.91 Å². The highest BCUT2D eigenvalue weighted by molar-refractivity contribution is 8.00. The Hall–Kier alpha value is -5.53. The molecule has 1 aromatic heterocycles. The number of ether oxygens (including phenoxy) is 1. The molecular weight excluding hydrogens is 639 g/mol. The minimum Gasteiger partial charge on any atom is -0.494 e. The van der Waals surface area contributed by atoms with E-state index in [1.165, 1.54) is 47.4 Å². The predicted molar refractivity (Wildman–Crippen MR) is 185 cm³/mol. The second-order valence-electron chi connectivity index (χ2n) is 10.0. The Bertz CT molecular complexity index is 1980. The zero-order valence-electron chi connectivity index (χ0n) is 25.3. The van der Waals surface area contributed by atoms with Gasteiger partial charge in [0.25, 0.3) is 17.5 Å². The number of nitro benzene ring substituents is 1. The van der Waals surface area contributed by atoms with Gasteiger partial charge in [0.1, 0.15) is 11.4 Å². The summed E-state index contributed by atoms with van der Waals surface area (Å²) in [6, 6.07) is 26.6. The van der Waals surface area contributed by atoms with Crippen LogP contribution in [0.3, 0.4) is 0 Å². The first-order valence-corrected chi connectivity index (χ1v) is 16.1. The number of nitrogens with zero attached hydrogens (tertiary/aromatic N) is 2. The number of carbonyl (C=O) groups excluding carboxylic acids is 3. The van der Waals surface area contributed by atoms with Gasteiger partial charge in [0, 0.05) is 22.2 Å². The first kappa shape index (κ1) is 32.9. The lowest BCUT2D eigenvalue weighted by atomic mass is 10.1. The van der Waals surface area contributed by atoms with Crippen molar-refractivity contribution < 1.29 is 24.0 Å². The summed E-state index contributed by atoms with van der Waals surface area (Å²) in [6.07, 6.45) is 1.26. The third-order valence-corrected chi connectivity index (χ3v) is 8.66. The molecular formula is C34H29N5O6S2. The maximum absolute atomic E-state index is 13.5. The minimum absolute atomic E-state index is 0.142. The molecule has 0 aliphatic heterocycles. The van der Waals surface area contributed by atoms with Crippen molar-refractivity contribution in [3.8, 4) is 5.75 Å². The van der Waals surface area contributed by atoms with Gasteiger partial charge in [-0.1, -0.05) is 47.7 Å². The van der Waals surface area contributed by atoms with Crippen molar-refractivity contribution in [2.75, 3.05) is 17.2 Å². The molecule has 1 heterocycles. The van der Waals surface area contributed by atoms with Crippen molar-refractivity contribution in [1.82, 2.24) is 10.3 Å². The summed E-state index contributed by atoms with van der Waals surface area (Å²) in [5, 5.41) is 19.8. The highest BCUT2D eigenvalue weighted by Crippen LogP contribution is 2.31. The van der Waals surface area contributed by atoms with Gasteiger partial charge in [-0.2, -0.15) is 0 Å². The standard InChI is InChI=1S/C34H29N5O6S2/c1-3-45-25-16-17-27-30(20-25)47-34(37-27)38-31(40)21(2)46-26-14-9-13-24(19-26)35-33(42)28(36-32(41)22-10-5-4-6-11-22)18-23-12-7-8-15-29(23)39(43)44/h4-21H,3H2,1-2H3,(H,35,42)(H,36,41)(H,37,38,40)/b28-18+. The number of carbonyl (C=O) groups is 3. The molecule has 0 saturated heterocycles. The molecule has 0 aliphatic rings. The van der Waals surface area contributed by atoms with Crippen molar-refractivity contribution in [2.24, 2.45) is 0 Å². The number of thioether (sulfide) groups is 1. The third-order valence-electron chi connectivity index (χ3n) is 6.64. The molecule has 1 atom stereocenters. The maximum Gasteiger partial charge on any atom is 0.276 e. The molecule has 0 spiro atoms. The van der Waals surface area contributed by atoms with Crippen LogP contribution >= 0.6 is 23.1 Å². The van der Waals surface area contributed by atoms with Gasteiger partial charge in [-0.3, -0.25) is 24.5 Å². The number of fused-ring (bicyclic) bond motifs is 1. The van der Waals surface area contributed by atoms with Crippen LogP contribution in [0.15, 0.2) is 108 Å². The summed E-state index contributed by atoms with van der Waals surface area (Å²) >= 11 is 2.64. The van der Waals surface area contributed by atoms with E-state index >= 15 is 0 Å². The molecule has 3 N–H and O–H groups in total. The lowest BCUT2D eigenvalue weighted by molar-refractivity contribution is -0.385. The number of rotatable bonds is 12. The molecule has 0 fully saturated rings. The minimum atomic E-state index is -0.691. The molecule has 4 aromatic carbocycles. The molecule has 0 saturated carbocycles. The molecule has 13 heteroatoms. The van der Waals surface area contributed by atoms with Crippen LogP contribution in [0, 0.1) is 10.1 Å². The fourth-order valence-corrected chi connectivity index (χ4v) is 6.22. The molecule has 47 heavy (non-hydrogen) atoms. The number of thiazole rings is 1. The third kappa shape index (κ3) is 8.60. The van der Waals surface area contributed by atoms with Crippen LogP contribution in [0.4, 0.5) is 16.5 Å². The van der Waals surface area contributed by atoms with Gasteiger partial charge in [-0.25, -0.2) is 4.98 Å². The number of hydrogen-bond acceptors (Lipinski definition) is 9. The molecule has 5 aromatic rings. The fourth-order valence-electron chi connectivity index (χ4n) is 4.40. The van der Waals surface area contributed by atoms with E-state index in [1.807, 2.05) is 25.1 Å². The summed E-state index contributed by atoms with van der Waals surface area (Å²) in [5.41, 5.74) is 1.18. The second-order valence-corrected chi connectivity index (χ2v) is 12.5. The summed E-state index contributed by atoms with van der Waals surface area (Å²) < 4.78 is 6.44. The van der Waals surface area contributed by atoms with Gasteiger partial charge >= 0.3 is 0 Å². The Morgan fingerprint density at radius 1 is 0.979 bits per heavy atom. The number of anilines is 2. The van der Waals surface area contributed by atoms with Crippen LogP contribution in [0.5, 0.6) is 5.75 Å². The van der Waals surface area contributed by atoms with E-state index in [4.69, 9.17) is 4.74 Å². The van der Waals surface area contributed by atoms with Crippen molar-refractivity contribution in [3.05, 3.63) is 124 Å². The van der Waals surface area contributed by atoms with Crippen molar-refractivity contribution >= 4 is 73.6 Å². The van der Waals surface area contributed by atoms with Gasteiger partial charge in [-0.15, -0.1) is 11.8 Å². The number of hydrogen-bond donors (Lipinski definition) is 3. The topological polar surface area (TPSA) is 153 Å². The first-order valence-electron chi connectivity index (χ1n) is 14.4. The van der Waals surface area contributed by atoms with Crippen LogP contribution in [-0.2, 0) is 9.59 Å². The maximum atomic E-state index is 13.5. The molecule has 11 nitrogen and oxygen atoms in total. The lowest BCUT2D eigenvalue weighted by Gasteiger charge is -2.13. The van der Waals surface area contributed by atoms with Gasteiger partial charge in [0.15, 0.2) is 5.13 Å². The lowest BCUT2D eigenvalue weighted by Crippen LogP contribution is -2.30. The van der Waals surface area contributed by atoms with Crippen molar-refractivity contribution in [3.63, 3.8) is 0 Å². The van der Waals surface area contributed by atoms with Crippen molar-refractivity contribution in [2.45, 2.75) is 24.0 Å². The summed E-state index contributed by atoms with van der Waals surface area (Å²) in [4.78, 5) is 55.7. The van der Waals surface area contributed by atoms with E-state index in [2.05, 4.69) is 20.9 Å². The van der Waals surface area contributed by atoms with E-state index < -0.39 is 22.0 Å². The SMILES string of the molecule is CCOc1ccc2nc(NC(=O)C(C)Sc3cccc(NC(=O)/C(=C\c4ccccc4[N+](=O)[O-])NC(=O)c4ccccc4)c3)sc2c1. The van der Waals surface area contributed by atoms with E-state index in [1.54, 1.807) is 67.6 Å². The van der Waals surface area contributed by atoms with E-state index in [9.17, 15) is 24.5 Å². The Balaban J connectivity index is 1.29. The zero-order valence-corrected chi connectivity index (χ0v) is 26.9. The number of nitrogens with one attached hydrogen (secondary N) is 3. The molecule has 0 bridgehead atoms. The average molecular weight is 668 g/mol. The summed E-state index contributed by atoms with van der Waals surface area (Å²) in [5.74, 6) is -0.756. The fraction of sp³-hybridized carbons (Fsp3) is 0.118. The van der Waals surface area contributed by atoms with Gasteiger partial charge in [0.05, 0.1) is 32.6 Å². The Morgan fingerprint density at radius 2 is 1.74 bits per heavy atom. The second kappa shape index (κ2) is 15.2. The molecule has 5 rings (SSSR count). The molecule has 3 amide bonds. The summed E-state index contributed by atoms with van der Waals surface area (Å²) in [7, 11) is 0. The highest BCUT2D eigenvalue weighted by atomic mass is 32.2. The smallest absolute Gasteiger partial charge is 0.276 e. The van der Waals surface area contributed by atoms with Crippen LogP contribution < -0.4 is 20.7 Å². The molecule has 0 aliphatic carbocycles. The molecule has 238 valence electrons. The average Bonchev–Trinajstić information content (AvgIpc) is 3.46.